The van der Waals surface area contributed by atoms with Crippen molar-refractivity contribution < 1.29 is 13.9 Å². The molecule has 1 aromatic heterocycles. The second-order valence-corrected chi connectivity index (χ2v) is 8.00. The number of halogens is 2. The molecule has 0 bridgehead atoms. The molecule has 0 fully saturated rings. The summed E-state index contributed by atoms with van der Waals surface area (Å²) in [5, 5.41) is 6.81. The molecule has 3 rings (SSSR count). The highest BCUT2D eigenvalue weighted by molar-refractivity contribution is 7.80. The number of rotatable bonds is 6. The van der Waals surface area contributed by atoms with E-state index in [1.807, 2.05) is 36.4 Å². The van der Waals surface area contributed by atoms with Gasteiger partial charge in [0.05, 0.1) is 17.2 Å². The van der Waals surface area contributed by atoms with Gasteiger partial charge in [0, 0.05) is 17.0 Å². The van der Waals surface area contributed by atoms with Gasteiger partial charge in [0.15, 0.2) is 5.11 Å². The van der Waals surface area contributed by atoms with Crippen molar-refractivity contribution in [1.82, 2.24) is 0 Å². The Balaban J connectivity index is 1.79. The van der Waals surface area contributed by atoms with Gasteiger partial charge in [-0.15, -0.1) is 11.3 Å². The normalized spacial score (nSPS) is 10.4. The number of carbonyl (C=O) groups is 1. The Hall–Kier alpha value is -2.48. The molecule has 0 unspecified atom stereocenters. The quantitative estimate of drug-likeness (QED) is 0.351. The molecule has 0 saturated carbocycles. The maximum atomic E-state index is 13.3. The molecule has 8 heteroatoms. The summed E-state index contributed by atoms with van der Waals surface area (Å²) < 4.78 is 18.5. The third-order valence-corrected chi connectivity index (χ3v) is 5.45. The van der Waals surface area contributed by atoms with E-state index in [0.717, 1.165) is 10.4 Å². The molecular weight excluding hydrogens is 431 g/mol. The van der Waals surface area contributed by atoms with Crippen molar-refractivity contribution in [2.45, 2.75) is 13.3 Å². The van der Waals surface area contributed by atoms with Gasteiger partial charge in [-0.3, -0.25) is 0 Å². The summed E-state index contributed by atoms with van der Waals surface area (Å²) in [5.74, 6) is -0.928. The number of thiophene rings is 1. The first-order valence-electron chi connectivity index (χ1n) is 8.83. The number of hydrogen-bond acceptors (Lipinski definition) is 4. The molecule has 29 heavy (non-hydrogen) atoms. The largest absolute Gasteiger partial charge is 0.462 e. The molecule has 0 aliphatic heterocycles. The fourth-order valence-electron chi connectivity index (χ4n) is 2.62. The number of nitrogens with one attached hydrogen (secondary N) is 2. The minimum Gasteiger partial charge on any atom is -0.462 e. The van der Waals surface area contributed by atoms with Crippen LogP contribution >= 0.6 is 35.2 Å². The summed E-state index contributed by atoms with van der Waals surface area (Å²) in [5.41, 5.74) is 2.09. The zero-order valence-electron chi connectivity index (χ0n) is 15.5. The third kappa shape index (κ3) is 5.76. The average Bonchev–Trinajstić information content (AvgIpc) is 3.08. The van der Waals surface area contributed by atoms with Crippen LogP contribution in [0.5, 0.6) is 0 Å². The highest BCUT2D eigenvalue weighted by atomic mass is 35.5. The molecule has 0 aliphatic carbocycles. The van der Waals surface area contributed by atoms with Crippen LogP contribution in [-0.2, 0) is 11.2 Å². The van der Waals surface area contributed by atoms with Crippen LogP contribution in [0.15, 0.2) is 54.6 Å². The molecular formula is C21H18ClFN2O2S2. The van der Waals surface area contributed by atoms with Gasteiger partial charge in [-0.1, -0.05) is 41.9 Å². The lowest BCUT2D eigenvalue weighted by Crippen LogP contribution is -2.20. The predicted molar refractivity (Wildman–Crippen MR) is 121 cm³/mol. The molecule has 0 saturated heterocycles. The van der Waals surface area contributed by atoms with Gasteiger partial charge in [-0.25, -0.2) is 9.18 Å². The first kappa shape index (κ1) is 21.2. The second kappa shape index (κ2) is 9.82. The zero-order valence-corrected chi connectivity index (χ0v) is 17.9. The zero-order chi connectivity index (χ0) is 20.8. The summed E-state index contributed by atoms with van der Waals surface area (Å²) in [7, 11) is 0. The van der Waals surface area contributed by atoms with Crippen molar-refractivity contribution in [2.24, 2.45) is 0 Å². The summed E-state index contributed by atoms with van der Waals surface area (Å²) in [4.78, 5) is 13.4. The fraction of sp³-hybridized carbons (Fsp3) is 0.143. The van der Waals surface area contributed by atoms with Crippen molar-refractivity contribution >= 4 is 56.9 Å². The third-order valence-electron chi connectivity index (χ3n) is 3.90. The standard InChI is InChI=1S/C21H18ClFN2O2S2/c1-2-27-20(26)16-12-15(10-13-6-4-3-5-7-13)29-19(16)25-21(28)24-14-8-9-18(23)17(22)11-14/h3-9,11-12H,2,10H2,1H3,(H2,24,25,28). The van der Waals surface area contributed by atoms with Gasteiger partial charge >= 0.3 is 5.97 Å². The molecule has 0 radical (unpaired) electrons. The molecule has 2 aromatic carbocycles. The summed E-state index contributed by atoms with van der Waals surface area (Å²) in [6.45, 7) is 2.03. The topological polar surface area (TPSA) is 50.4 Å². The lowest BCUT2D eigenvalue weighted by Gasteiger charge is -2.11. The summed E-state index contributed by atoms with van der Waals surface area (Å²) in [6.07, 6.45) is 0.688. The van der Waals surface area contributed by atoms with Crippen molar-refractivity contribution in [1.29, 1.82) is 0 Å². The van der Waals surface area contributed by atoms with Crippen molar-refractivity contribution in [3.63, 3.8) is 0 Å². The highest BCUT2D eigenvalue weighted by Crippen LogP contribution is 2.31. The van der Waals surface area contributed by atoms with Crippen LogP contribution in [0.3, 0.4) is 0 Å². The van der Waals surface area contributed by atoms with Crippen LogP contribution < -0.4 is 10.6 Å². The number of thiocarbonyl (C=S) groups is 1. The maximum Gasteiger partial charge on any atom is 0.341 e. The van der Waals surface area contributed by atoms with E-state index in [-0.39, 0.29) is 16.7 Å². The van der Waals surface area contributed by atoms with Crippen LogP contribution in [-0.4, -0.2) is 17.7 Å². The lowest BCUT2D eigenvalue weighted by atomic mass is 10.1. The predicted octanol–water partition coefficient (Wildman–Crippen LogP) is 6.12. The summed E-state index contributed by atoms with van der Waals surface area (Å²) >= 11 is 12.6. The first-order chi connectivity index (χ1) is 14.0. The highest BCUT2D eigenvalue weighted by Gasteiger charge is 2.18. The molecule has 150 valence electrons. The smallest absolute Gasteiger partial charge is 0.341 e. The van der Waals surface area contributed by atoms with E-state index in [2.05, 4.69) is 10.6 Å². The van der Waals surface area contributed by atoms with Gasteiger partial charge in [0.25, 0.3) is 0 Å². The number of carbonyl (C=O) groups excluding carboxylic acids is 1. The van der Waals surface area contributed by atoms with E-state index in [1.54, 1.807) is 6.92 Å². The Labute approximate surface area is 182 Å². The molecule has 4 nitrogen and oxygen atoms in total. The van der Waals surface area contributed by atoms with E-state index < -0.39 is 11.8 Å². The Morgan fingerprint density at radius 3 is 2.62 bits per heavy atom. The number of anilines is 2. The van der Waals surface area contributed by atoms with Crippen LogP contribution in [0.2, 0.25) is 5.02 Å². The Morgan fingerprint density at radius 2 is 1.93 bits per heavy atom. The molecule has 0 atom stereocenters. The summed E-state index contributed by atoms with van der Waals surface area (Å²) in [6, 6.07) is 16.0. The molecule has 2 N–H and O–H groups in total. The molecule has 0 spiro atoms. The monoisotopic (exact) mass is 448 g/mol. The minimum atomic E-state index is -0.510. The minimum absolute atomic E-state index is 0.00807. The van der Waals surface area contributed by atoms with Gasteiger partial charge in [0.1, 0.15) is 10.8 Å². The fourth-order valence-corrected chi connectivity index (χ4v) is 4.17. The van der Waals surface area contributed by atoms with E-state index in [0.29, 0.717) is 22.7 Å². The molecule has 3 aromatic rings. The average molecular weight is 449 g/mol. The number of esters is 1. The first-order valence-corrected chi connectivity index (χ1v) is 10.4. The van der Waals surface area contributed by atoms with Gasteiger partial charge in [-0.05, 0) is 49.0 Å². The molecule has 1 heterocycles. The van der Waals surface area contributed by atoms with Crippen LogP contribution in [0.25, 0.3) is 0 Å². The van der Waals surface area contributed by atoms with Crippen molar-refractivity contribution in [2.75, 3.05) is 17.2 Å². The number of benzene rings is 2. The van der Waals surface area contributed by atoms with E-state index in [1.165, 1.54) is 29.5 Å². The Morgan fingerprint density at radius 1 is 1.17 bits per heavy atom. The van der Waals surface area contributed by atoms with Crippen LogP contribution in [0.1, 0.15) is 27.7 Å². The van der Waals surface area contributed by atoms with Gasteiger partial charge in [-0.2, -0.15) is 0 Å². The molecule has 0 amide bonds. The van der Waals surface area contributed by atoms with Crippen molar-refractivity contribution in [3.8, 4) is 0 Å². The van der Waals surface area contributed by atoms with Gasteiger partial charge < -0.3 is 15.4 Å². The molecule has 0 aliphatic rings. The Bertz CT molecular complexity index is 1020. The maximum absolute atomic E-state index is 13.3. The van der Waals surface area contributed by atoms with Crippen LogP contribution in [0, 0.1) is 5.82 Å². The Kier molecular flexibility index (Phi) is 7.19. The van der Waals surface area contributed by atoms with E-state index in [9.17, 15) is 9.18 Å². The number of ether oxygens (including phenoxy) is 1. The second-order valence-electron chi connectivity index (χ2n) is 6.05. The lowest BCUT2D eigenvalue weighted by molar-refractivity contribution is 0.0528. The van der Waals surface area contributed by atoms with E-state index >= 15 is 0 Å². The van der Waals surface area contributed by atoms with E-state index in [4.69, 9.17) is 28.6 Å². The van der Waals surface area contributed by atoms with Gasteiger partial charge in [0.2, 0.25) is 0 Å². The van der Waals surface area contributed by atoms with Crippen LogP contribution in [0.4, 0.5) is 15.1 Å². The number of hydrogen-bond donors (Lipinski definition) is 2. The SMILES string of the molecule is CCOC(=O)c1cc(Cc2ccccc2)sc1NC(=S)Nc1ccc(F)c(Cl)c1. The van der Waals surface area contributed by atoms with Crippen molar-refractivity contribution in [3.05, 3.63) is 81.4 Å².